The number of carbonyl (C=O) groups excluding carboxylic acids is 3. The van der Waals surface area contributed by atoms with Crippen molar-refractivity contribution in [1.82, 2.24) is 15.5 Å². The van der Waals surface area contributed by atoms with Crippen molar-refractivity contribution in [2.45, 2.75) is 124 Å². The van der Waals surface area contributed by atoms with Crippen LogP contribution < -0.4 is 10.6 Å². The van der Waals surface area contributed by atoms with Crippen molar-refractivity contribution in [2.24, 2.45) is 5.92 Å². The maximum Gasteiger partial charge on any atom is 0.408 e. The molecule has 40 heavy (non-hydrogen) atoms. The largest absolute Gasteiger partial charge is 0.444 e. The number of nitrogens with zero attached hydrogens (tertiary/aromatic N) is 1. The molecule has 3 amide bonds. The van der Waals surface area contributed by atoms with Gasteiger partial charge in [-0.3, -0.25) is 9.59 Å². The first-order valence-corrected chi connectivity index (χ1v) is 15.1. The molecule has 0 saturated carbocycles. The van der Waals surface area contributed by atoms with Crippen LogP contribution in [0.2, 0.25) is 0 Å². The third-order valence-corrected chi connectivity index (χ3v) is 6.97. The summed E-state index contributed by atoms with van der Waals surface area (Å²) < 4.78 is 5.49. The minimum absolute atomic E-state index is 0.167. The lowest BCUT2D eigenvalue weighted by molar-refractivity contribution is -0.143. The van der Waals surface area contributed by atoms with Crippen molar-refractivity contribution in [1.29, 1.82) is 0 Å². The molecule has 7 heteroatoms. The predicted molar refractivity (Wildman–Crippen MR) is 163 cm³/mol. The number of hydrogen-bond acceptors (Lipinski definition) is 4. The van der Waals surface area contributed by atoms with Gasteiger partial charge in [0.15, 0.2) is 0 Å². The first kappa shape index (κ1) is 35.0. The van der Waals surface area contributed by atoms with Gasteiger partial charge in [-0.1, -0.05) is 90.7 Å². The van der Waals surface area contributed by atoms with Crippen molar-refractivity contribution in [3.05, 3.63) is 35.4 Å². The molecule has 0 heterocycles. The summed E-state index contributed by atoms with van der Waals surface area (Å²) in [7, 11) is 0. The highest BCUT2D eigenvalue weighted by molar-refractivity contribution is 5.92. The monoisotopic (exact) mass is 555 g/mol. The number of benzene rings is 1. The van der Waals surface area contributed by atoms with E-state index < -0.39 is 23.8 Å². The Kier molecular flexibility index (Phi) is 16.1. The summed E-state index contributed by atoms with van der Waals surface area (Å²) in [6.07, 6.45) is 13.5. The number of ether oxygens (including phenoxy) is 1. The maximum atomic E-state index is 14.3. The van der Waals surface area contributed by atoms with Crippen LogP contribution in [0.3, 0.4) is 0 Å². The molecule has 7 nitrogen and oxygen atoms in total. The Morgan fingerprint density at radius 1 is 0.950 bits per heavy atom. The third kappa shape index (κ3) is 12.4. The second-order valence-electron chi connectivity index (χ2n) is 11.6. The zero-order valence-electron chi connectivity index (χ0n) is 26.0. The summed E-state index contributed by atoms with van der Waals surface area (Å²) in [6.45, 7) is 14.5. The fourth-order valence-electron chi connectivity index (χ4n) is 4.47. The van der Waals surface area contributed by atoms with Crippen molar-refractivity contribution in [3.63, 3.8) is 0 Å². The summed E-state index contributed by atoms with van der Waals surface area (Å²) in [5, 5.41) is 5.89. The van der Waals surface area contributed by atoms with Crippen molar-refractivity contribution < 1.29 is 19.1 Å². The molecule has 2 N–H and O–H groups in total. The first-order chi connectivity index (χ1) is 19.0. The van der Waals surface area contributed by atoms with Crippen LogP contribution >= 0.6 is 0 Å². The van der Waals surface area contributed by atoms with Gasteiger partial charge in [-0.15, -0.1) is 6.42 Å². The van der Waals surface area contributed by atoms with Crippen molar-refractivity contribution in [2.75, 3.05) is 13.1 Å². The van der Waals surface area contributed by atoms with Gasteiger partial charge in [0.2, 0.25) is 11.8 Å². The molecule has 224 valence electrons. The molecule has 3 unspecified atom stereocenters. The average Bonchev–Trinajstić information content (AvgIpc) is 2.91. The standard InChI is InChI=1S/C33H53N3O4/c1-9-13-15-16-18-24-36(31(38)28(25(5)11-3)35-32(39)40-33(6,7)8)29(30(37)34-23-17-14-10-2)27-21-19-26(12-4)20-22-27/h4,19-22,25,28-29H,9-11,13-18,23-24H2,1-3,5-8H3,(H,34,37)(H,35,39). The van der Waals surface area contributed by atoms with E-state index in [2.05, 4.69) is 30.4 Å². The van der Waals surface area contributed by atoms with Crippen LogP contribution in [0.4, 0.5) is 4.79 Å². The number of hydrogen-bond donors (Lipinski definition) is 2. The van der Waals surface area contributed by atoms with E-state index in [-0.39, 0.29) is 17.7 Å². The SMILES string of the molecule is C#Cc1ccc(C(C(=O)NCCCCC)N(CCCCCCC)C(=O)C(NC(=O)OC(C)(C)C)C(C)CC)cc1. The Morgan fingerprint density at radius 2 is 1.55 bits per heavy atom. The van der Waals surface area contributed by atoms with E-state index in [0.29, 0.717) is 30.6 Å². The summed E-state index contributed by atoms with van der Waals surface area (Å²) in [6, 6.07) is 5.55. The summed E-state index contributed by atoms with van der Waals surface area (Å²) in [5.41, 5.74) is 0.688. The van der Waals surface area contributed by atoms with Gasteiger partial charge in [0.1, 0.15) is 17.7 Å². The summed E-state index contributed by atoms with van der Waals surface area (Å²) in [5.74, 6) is 1.93. The molecule has 0 bridgehead atoms. The smallest absolute Gasteiger partial charge is 0.408 e. The number of unbranched alkanes of at least 4 members (excludes halogenated alkanes) is 6. The lowest BCUT2D eigenvalue weighted by Crippen LogP contribution is -2.55. The van der Waals surface area contributed by atoms with Gasteiger partial charge in [0.25, 0.3) is 0 Å². The quantitative estimate of drug-likeness (QED) is 0.164. The zero-order valence-corrected chi connectivity index (χ0v) is 26.0. The molecule has 0 fully saturated rings. The van der Waals surface area contributed by atoms with Crippen LogP contribution in [-0.4, -0.2) is 47.5 Å². The highest BCUT2D eigenvalue weighted by Crippen LogP contribution is 2.26. The lowest BCUT2D eigenvalue weighted by Gasteiger charge is -2.36. The topological polar surface area (TPSA) is 87.7 Å². The van der Waals surface area contributed by atoms with E-state index in [1.807, 2.05) is 26.0 Å². The second-order valence-corrected chi connectivity index (χ2v) is 11.6. The van der Waals surface area contributed by atoms with Crippen LogP contribution in [0.15, 0.2) is 24.3 Å². The molecular weight excluding hydrogens is 502 g/mol. The Labute approximate surface area is 243 Å². The number of amides is 3. The fraction of sp³-hybridized carbons (Fsp3) is 0.667. The van der Waals surface area contributed by atoms with E-state index in [4.69, 9.17) is 11.2 Å². The van der Waals surface area contributed by atoms with Crippen molar-refractivity contribution >= 4 is 17.9 Å². The first-order valence-electron chi connectivity index (χ1n) is 15.1. The van der Waals surface area contributed by atoms with Gasteiger partial charge in [0.05, 0.1) is 0 Å². The Bertz CT molecular complexity index is 946. The molecule has 1 aromatic carbocycles. The predicted octanol–water partition coefficient (Wildman–Crippen LogP) is 6.75. The van der Waals surface area contributed by atoms with Crippen LogP contribution in [0, 0.1) is 18.3 Å². The van der Waals surface area contributed by atoms with Crippen LogP contribution in [0.25, 0.3) is 0 Å². The van der Waals surface area contributed by atoms with E-state index >= 15 is 0 Å². The molecule has 0 aliphatic carbocycles. The second kappa shape index (κ2) is 18.4. The molecule has 3 atom stereocenters. The average molecular weight is 556 g/mol. The van der Waals surface area contributed by atoms with Gasteiger partial charge >= 0.3 is 6.09 Å². The van der Waals surface area contributed by atoms with Gasteiger partial charge < -0.3 is 20.3 Å². The summed E-state index contributed by atoms with van der Waals surface area (Å²) >= 11 is 0. The normalized spacial score (nSPS) is 13.4. The molecule has 0 radical (unpaired) electrons. The molecular formula is C33H53N3O4. The van der Waals surface area contributed by atoms with E-state index in [0.717, 1.165) is 51.4 Å². The van der Waals surface area contributed by atoms with Gasteiger partial charge in [-0.25, -0.2) is 4.79 Å². The molecule has 0 saturated heterocycles. The molecule has 0 aromatic heterocycles. The van der Waals surface area contributed by atoms with E-state index in [1.165, 1.54) is 0 Å². The number of terminal acetylenes is 1. The number of alkyl carbamates (subject to hydrolysis) is 1. The zero-order chi connectivity index (χ0) is 30.1. The number of rotatable bonds is 17. The molecule has 0 spiro atoms. The highest BCUT2D eigenvalue weighted by atomic mass is 16.6. The van der Waals surface area contributed by atoms with Crippen molar-refractivity contribution in [3.8, 4) is 12.3 Å². The van der Waals surface area contributed by atoms with Gasteiger partial charge in [0, 0.05) is 18.7 Å². The van der Waals surface area contributed by atoms with E-state index in [9.17, 15) is 14.4 Å². The third-order valence-electron chi connectivity index (χ3n) is 6.97. The summed E-state index contributed by atoms with van der Waals surface area (Å²) in [4.78, 5) is 42.5. The Hall–Kier alpha value is -3.01. The lowest BCUT2D eigenvalue weighted by atomic mass is 9.95. The van der Waals surface area contributed by atoms with Crippen LogP contribution in [-0.2, 0) is 14.3 Å². The molecule has 1 rings (SSSR count). The Morgan fingerprint density at radius 3 is 2.10 bits per heavy atom. The van der Waals surface area contributed by atoms with Crippen LogP contribution in [0.1, 0.15) is 123 Å². The molecule has 0 aliphatic rings. The van der Waals surface area contributed by atoms with E-state index in [1.54, 1.807) is 37.8 Å². The molecule has 1 aromatic rings. The molecule has 0 aliphatic heterocycles. The maximum absolute atomic E-state index is 14.3. The minimum atomic E-state index is -0.848. The number of carbonyl (C=O) groups is 3. The van der Waals surface area contributed by atoms with Crippen LogP contribution in [0.5, 0.6) is 0 Å². The van der Waals surface area contributed by atoms with Gasteiger partial charge in [-0.05, 0) is 57.2 Å². The fourth-order valence-corrected chi connectivity index (χ4v) is 4.47. The highest BCUT2D eigenvalue weighted by Gasteiger charge is 2.37. The van der Waals surface area contributed by atoms with Gasteiger partial charge in [-0.2, -0.15) is 0 Å². The Balaban J connectivity index is 3.48. The number of nitrogens with one attached hydrogen (secondary N) is 2. The minimum Gasteiger partial charge on any atom is -0.444 e.